The highest BCUT2D eigenvalue weighted by Crippen LogP contribution is 1.90. The van der Waals surface area contributed by atoms with Gasteiger partial charge < -0.3 is 0 Å². The van der Waals surface area contributed by atoms with Crippen LogP contribution in [-0.4, -0.2) is 5.12 Å². The molecule has 0 atom stereocenters. The highest BCUT2D eigenvalue weighted by Gasteiger charge is 1.88. The van der Waals surface area contributed by atoms with Crippen molar-refractivity contribution < 1.29 is 4.79 Å². The van der Waals surface area contributed by atoms with E-state index in [4.69, 9.17) is 5.26 Å². The van der Waals surface area contributed by atoms with Crippen LogP contribution < -0.4 is 0 Å². The molecule has 0 heterocycles. The summed E-state index contributed by atoms with van der Waals surface area (Å²) in [5.41, 5.74) is 0. The third-order valence-corrected chi connectivity index (χ3v) is 0.674. The average molecular weight is 115 g/mol. The second-order valence-corrected chi connectivity index (χ2v) is 1.55. The zero-order chi connectivity index (χ0) is 5.70. The Kier molecular flexibility index (Phi) is 3.43. The van der Waals surface area contributed by atoms with Crippen LogP contribution in [0.2, 0.25) is 0 Å². The van der Waals surface area contributed by atoms with Gasteiger partial charge in [0.25, 0.3) is 0 Å². The lowest BCUT2D eigenvalue weighted by Gasteiger charge is -1.77. The topological polar surface area (TPSA) is 40.9 Å². The van der Waals surface area contributed by atoms with Crippen molar-refractivity contribution in [2.45, 2.75) is 12.8 Å². The number of carbonyl (C=O) groups excluding carboxylic acids is 1. The first kappa shape index (κ1) is 6.51. The Morgan fingerprint density at radius 1 is 1.86 bits per heavy atom. The summed E-state index contributed by atoms with van der Waals surface area (Å²) in [7, 11) is 0. The number of nitrogens with zero attached hydrogens (tertiary/aromatic N) is 1. The lowest BCUT2D eigenvalue weighted by molar-refractivity contribution is -0.110. The van der Waals surface area contributed by atoms with Crippen LogP contribution in [0.1, 0.15) is 12.8 Å². The molecule has 0 aliphatic carbocycles. The van der Waals surface area contributed by atoms with Crippen LogP contribution in [0.25, 0.3) is 0 Å². The molecule has 0 radical (unpaired) electrons. The van der Waals surface area contributed by atoms with Gasteiger partial charge in [0.2, 0.25) is 0 Å². The summed E-state index contributed by atoms with van der Waals surface area (Å²) in [5.74, 6) is 0. The van der Waals surface area contributed by atoms with E-state index in [1.807, 2.05) is 6.07 Å². The molecule has 7 heavy (non-hydrogen) atoms. The molecular formula is C4H5NOS. The Morgan fingerprint density at radius 2 is 2.43 bits per heavy atom. The van der Waals surface area contributed by atoms with Gasteiger partial charge in [-0.15, -0.1) is 12.6 Å². The SMILES string of the molecule is N#CCCC(=O)S. The van der Waals surface area contributed by atoms with Gasteiger partial charge in [0.1, 0.15) is 0 Å². The molecule has 38 valence electrons. The molecule has 2 nitrogen and oxygen atoms in total. The predicted octanol–water partition coefficient (Wildman–Crippen LogP) is 0.747. The van der Waals surface area contributed by atoms with E-state index < -0.39 is 0 Å². The van der Waals surface area contributed by atoms with Crippen LogP contribution in [-0.2, 0) is 4.79 Å². The summed E-state index contributed by atoms with van der Waals surface area (Å²) in [6, 6.07) is 1.83. The van der Waals surface area contributed by atoms with Gasteiger partial charge in [0, 0.05) is 12.8 Å². The fraction of sp³-hybridized carbons (Fsp3) is 0.500. The number of carbonyl (C=O) groups is 1. The molecule has 0 saturated heterocycles. The third kappa shape index (κ3) is 5.51. The predicted molar refractivity (Wildman–Crippen MR) is 28.8 cm³/mol. The molecule has 0 rings (SSSR count). The molecule has 0 saturated carbocycles. The fourth-order valence-corrected chi connectivity index (χ4v) is 0.275. The van der Waals surface area contributed by atoms with E-state index in [1.54, 1.807) is 0 Å². The highest BCUT2D eigenvalue weighted by molar-refractivity contribution is 7.96. The molecule has 0 aliphatic heterocycles. The summed E-state index contributed by atoms with van der Waals surface area (Å²) in [4.78, 5) is 9.92. The first-order chi connectivity index (χ1) is 3.27. The Labute approximate surface area is 47.5 Å². The summed E-state index contributed by atoms with van der Waals surface area (Å²) < 4.78 is 0. The average Bonchev–Trinajstić information content (AvgIpc) is 1.61. The number of rotatable bonds is 2. The summed E-state index contributed by atoms with van der Waals surface area (Å²) in [6.07, 6.45) is 0.544. The van der Waals surface area contributed by atoms with Crippen molar-refractivity contribution in [2.75, 3.05) is 0 Å². The van der Waals surface area contributed by atoms with Gasteiger partial charge in [-0.1, -0.05) is 0 Å². The van der Waals surface area contributed by atoms with Crippen molar-refractivity contribution in [1.82, 2.24) is 0 Å². The molecular weight excluding hydrogens is 110 g/mol. The molecule has 0 spiro atoms. The molecule has 0 aliphatic rings. The minimum absolute atomic E-state index is 0.221. The normalized spacial score (nSPS) is 7.43. The van der Waals surface area contributed by atoms with Gasteiger partial charge in [-0.2, -0.15) is 5.26 Å². The first-order valence-corrected chi connectivity index (χ1v) is 2.31. The van der Waals surface area contributed by atoms with Gasteiger partial charge in [-0.25, -0.2) is 0 Å². The number of nitriles is 1. The van der Waals surface area contributed by atoms with Gasteiger partial charge in [-0.3, -0.25) is 4.79 Å². The standard InChI is InChI=1S/C4H5NOS/c5-3-1-2-4(6)7/h1-2H2,(H,6,7). The Bertz CT molecular complexity index is 105. The molecule has 0 aromatic heterocycles. The second-order valence-electron chi connectivity index (χ2n) is 1.05. The van der Waals surface area contributed by atoms with E-state index >= 15 is 0 Å². The van der Waals surface area contributed by atoms with E-state index in [0.29, 0.717) is 0 Å². The third-order valence-electron chi connectivity index (χ3n) is 0.451. The van der Waals surface area contributed by atoms with Crippen LogP contribution in [0.3, 0.4) is 0 Å². The smallest absolute Gasteiger partial charge is 0.186 e. The molecule has 0 aromatic carbocycles. The number of hydrogen-bond donors (Lipinski definition) is 1. The Hall–Kier alpha value is -0.490. The Balaban J connectivity index is 3.02. The molecule has 0 fully saturated rings. The molecule has 0 aromatic rings. The van der Waals surface area contributed by atoms with Crippen molar-refractivity contribution in [3.05, 3.63) is 0 Å². The monoisotopic (exact) mass is 115 g/mol. The van der Waals surface area contributed by atoms with Crippen molar-refractivity contribution in [3.63, 3.8) is 0 Å². The lowest BCUT2D eigenvalue weighted by atomic mass is 10.4. The Morgan fingerprint density at radius 3 is 2.57 bits per heavy atom. The lowest BCUT2D eigenvalue weighted by Crippen LogP contribution is -1.81. The van der Waals surface area contributed by atoms with Crippen LogP contribution in [0.5, 0.6) is 0 Å². The second kappa shape index (κ2) is 3.69. The van der Waals surface area contributed by atoms with Gasteiger partial charge in [0.15, 0.2) is 5.12 Å². The zero-order valence-electron chi connectivity index (χ0n) is 3.72. The van der Waals surface area contributed by atoms with E-state index in [-0.39, 0.29) is 18.0 Å². The summed E-state index contributed by atoms with van der Waals surface area (Å²) in [5, 5.41) is 7.66. The van der Waals surface area contributed by atoms with Gasteiger partial charge in [0.05, 0.1) is 6.07 Å². The molecule has 0 amide bonds. The quantitative estimate of drug-likeness (QED) is 0.539. The number of thiol groups is 1. The zero-order valence-corrected chi connectivity index (χ0v) is 4.61. The largest absolute Gasteiger partial charge is 0.287 e. The van der Waals surface area contributed by atoms with Gasteiger partial charge in [-0.05, 0) is 0 Å². The van der Waals surface area contributed by atoms with Gasteiger partial charge >= 0.3 is 0 Å². The van der Waals surface area contributed by atoms with Crippen LogP contribution >= 0.6 is 12.6 Å². The summed E-state index contributed by atoms with van der Waals surface area (Å²) >= 11 is 3.44. The van der Waals surface area contributed by atoms with Crippen molar-refractivity contribution >= 4 is 17.7 Å². The van der Waals surface area contributed by atoms with Crippen LogP contribution in [0.4, 0.5) is 0 Å². The highest BCUT2D eigenvalue weighted by atomic mass is 32.1. The maximum atomic E-state index is 9.92. The van der Waals surface area contributed by atoms with Crippen molar-refractivity contribution in [3.8, 4) is 6.07 Å². The van der Waals surface area contributed by atoms with E-state index in [0.717, 1.165) is 0 Å². The van der Waals surface area contributed by atoms with Crippen molar-refractivity contribution in [2.24, 2.45) is 0 Å². The molecule has 3 heteroatoms. The molecule has 0 N–H and O–H groups in total. The van der Waals surface area contributed by atoms with Crippen LogP contribution in [0, 0.1) is 11.3 Å². The van der Waals surface area contributed by atoms with E-state index in [9.17, 15) is 4.79 Å². The molecule has 0 bridgehead atoms. The molecule has 0 unspecified atom stereocenters. The minimum Gasteiger partial charge on any atom is -0.287 e. The van der Waals surface area contributed by atoms with Crippen molar-refractivity contribution in [1.29, 1.82) is 5.26 Å². The van der Waals surface area contributed by atoms with E-state index in [1.165, 1.54) is 0 Å². The summed E-state index contributed by atoms with van der Waals surface area (Å²) in [6.45, 7) is 0. The maximum Gasteiger partial charge on any atom is 0.186 e. The fourth-order valence-electron chi connectivity index (χ4n) is 0.163. The number of hydrogen-bond acceptors (Lipinski definition) is 2. The minimum atomic E-state index is -0.221. The van der Waals surface area contributed by atoms with Crippen LogP contribution in [0.15, 0.2) is 0 Å². The maximum absolute atomic E-state index is 9.92. The van der Waals surface area contributed by atoms with E-state index in [2.05, 4.69) is 12.6 Å². The first-order valence-electron chi connectivity index (χ1n) is 1.86.